The molecule has 3 rings (SSSR count). The Morgan fingerprint density at radius 2 is 1.88 bits per heavy atom. The van der Waals surface area contributed by atoms with E-state index in [1.54, 1.807) is 44.6 Å². The van der Waals surface area contributed by atoms with Gasteiger partial charge in [-0.25, -0.2) is 4.39 Å². The number of para-hydroxylation sites is 2. The molecule has 2 N–H and O–H groups in total. The van der Waals surface area contributed by atoms with E-state index in [1.807, 2.05) is 31.2 Å². The molecule has 8 heteroatoms. The first-order valence-electron chi connectivity index (χ1n) is 10.2. The standard InChI is InChI=1S/C24H27FN4O3/c1-17(31-23-9-5-4-8-22(23)30-3)14-28-24(26-2)29-15-18-10-11-21(20(25)13-18)32-19-7-6-12-27-16-19/h4-13,16-17H,14-15H2,1-3H3,(H2,26,28,29). The molecule has 0 amide bonds. The predicted molar refractivity (Wildman–Crippen MR) is 122 cm³/mol. The van der Waals surface area contributed by atoms with Crippen molar-refractivity contribution < 1.29 is 18.6 Å². The van der Waals surface area contributed by atoms with Crippen molar-refractivity contribution in [2.24, 2.45) is 4.99 Å². The van der Waals surface area contributed by atoms with Gasteiger partial charge in [-0.3, -0.25) is 9.98 Å². The Labute approximate surface area is 187 Å². The lowest BCUT2D eigenvalue weighted by atomic mass is 10.2. The third-order valence-electron chi connectivity index (χ3n) is 4.50. The van der Waals surface area contributed by atoms with Gasteiger partial charge in [0, 0.05) is 19.8 Å². The zero-order valence-electron chi connectivity index (χ0n) is 18.3. The largest absolute Gasteiger partial charge is 0.493 e. The number of pyridine rings is 1. The highest BCUT2D eigenvalue weighted by molar-refractivity contribution is 5.79. The first-order valence-corrected chi connectivity index (χ1v) is 10.2. The highest BCUT2D eigenvalue weighted by atomic mass is 19.1. The highest BCUT2D eigenvalue weighted by Gasteiger charge is 2.10. The van der Waals surface area contributed by atoms with Crippen molar-refractivity contribution in [3.63, 3.8) is 0 Å². The summed E-state index contributed by atoms with van der Waals surface area (Å²) in [6.07, 6.45) is 3.03. The van der Waals surface area contributed by atoms with E-state index < -0.39 is 5.82 Å². The van der Waals surface area contributed by atoms with E-state index in [1.165, 1.54) is 12.3 Å². The molecule has 3 aromatic rings. The fourth-order valence-corrected chi connectivity index (χ4v) is 2.89. The molecule has 0 aliphatic rings. The van der Waals surface area contributed by atoms with Crippen LogP contribution < -0.4 is 24.8 Å². The molecule has 0 spiro atoms. The molecule has 1 unspecified atom stereocenters. The molecule has 0 saturated heterocycles. The summed E-state index contributed by atoms with van der Waals surface area (Å²) in [5.74, 6) is 2.11. The van der Waals surface area contributed by atoms with Crippen molar-refractivity contribution in [3.05, 3.63) is 78.4 Å². The van der Waals surface area contributed by atoms with E-state index in [9.17, 15) is 4.39 Å². The third-order valence-corrected chi connectivity index (χ3v) is 4.50. The van der Waals surface area contributed by atoms with E-state index in [2.05, 4.69) is 20.6 Å². The predicted octanol–water partition coefficient (Wildman–Crippen LogP) is 4.15. The second kappa shape index (κ2) is 11.5. The minimum absolute atomic E-state index is 0.133. The topological polar surface area (TPSA) is 77.0 Å². The third kappa shape index (κ3) is 6.60. The van der Waals surface area contributed by atoms with Crippen LogP contribution in [-0.2, 0) is 6.54 Å². The van der Waals surface area contributed by atoms with Gasteiger partial charge < -0.3 is 24.8 Å². The molecule has 1 aromatic heterocycles. The van der Waals surface area contributed by atoms with Crippen molar-refractivity contribution in [2.45, 2.75) is 19.6 Å². The molecule has 1 atom stereocenters. The van der Waals surface area contributed by atoms with Crippen LogP contribution in [0.3, 0.4) is 0 Å². The Hall–Kier alpha value is -3.81. The average Bonchev–Trinajstić information content (AvgIpc) is 2.82. The number of aliphatic imine (C=N–C) groups is 1. The fraction of sp³-hybridized carbons (Fsp3) is 0.250. The van der Waals surface area contributed by atoms with Crippen molar-refractivity contribution in [3.8, 4) is 23.0 Å². The number of nitrogens with zero attached hydrogens (tertiary/aromatic N) is 2. The Kier molecular flexibility index (Phi) is 8.25. The molecule has 0 aliphatic carbocycles. The summed E-state index contributed by atoms with van der Waals surface area (Å²) in [5.41, 5.74) is 0.752. The van der Waals surface area contributed by atoms with Crippen LogP contribution in [0, 0.1) is 5.82 Å². The number of rotatable bonds is 9. The molecule has 0 aliphatic heterocycles. The highest BCUT2D eigenvalue weighted by Crippen LogP contribution is 2.27. The van der Waals surface area contributed by atoms with E-state index in [-0.39, 0.29) is 11.9 Å². The molecule has 168 valence electrons. The van der Waals surface area contributed by atoms with Crippen LogP contribution in [-0.4, -0.2) is 37.7 Å². The first-order chi connectivity index (χ1) is 15.6. The summed E-state index contributed by atoms with van der Waals surface area (Å²) in [5, 5.41) is 6.37. The Morgan fingerprint density at radius 3 is 2.56 bits per heavy atom. The average molecular weight is 439 g/mol. The number of hydrogen-bond acceptors (Lipinski definition) is 5. The maximum absolute atomic E-state index is 14.4. The zero-order valence-corrected chi connectivity index (χ0v) is 18.3. The monoisotopic (exact) mass is 438 g/mol. The molecule has 0 radical (unpaired) electrons. The fourth-order valence-electron chi connectivity index (χ4n) is 2.89. The van der Waals surface area contributed by atoms with Gasteiger partial charge in [0.1, 0.15) is 11.9 Å². The van der Waals surface area contributed by atoms with E-state index in [0.717, 1.165) is 5.56 Å². The number of hydrogen-bond donors (Lipinski definition) is 2. The summed E-state index contributed by atoms with van der Waals surface area (Å²) in [6, 6.07) is 15.8. The van der Waals surface area contributed by atoms with Crippen LogP contribution in [0.25, 0.3) is 0 Å². The van der Waals surface area contributed by atoms with Gasteiger partial charge in [-0.15, -0.1) is 0 Å². The van der Waals surface area contributed by atoms with Gasteiger partial charge in [0.25, 0.3) is 0 Å². The van der Waals surface area contributed by atoms with E-state index in [0.29, 0.717) is 36.3 Å². The van der Waals surface area contributed by atoms with Crippen molar-refractivity contribution in [1.29, 1.82) is 0 Å². The second-order valence-corrected chi connectivity index (χ2v) is 6.94. The summed E-state index contributed by atoms with van der Waals surface area (Å²) in [4.78, 5) is 8.16. The number of guanidine groups is 1. The normalized spacial score (nSPS) is 12.1. The van der Waals surface area contributed by atoms with Crippen LogP contribution >= 0.6 is 0 Å². The van der Waals surface area contributed by atoms with E-state index in [4.69, 9.17) is 14.2 Å². The molecule has 0 bridgehead atoms. The Balaban J connectivity index is 1.49. The number of aromatic nitrogens is 1. The molecule has 1 heterocycles. The second-order valence-electron chi connectivity index (χ2n) is 6.94. The van der Waals surface area contributed by atoms with Crippen molar-refractivity contribution in [2.75, 3.05) is 20.7 Å². The van der Waals surface area contributed by atoms with Gasteiger partial charge in [-0.05, 0) is 48.9 Å². The number of ether oxygens (including phenoxy) is 3. The first kappa shape index (κ1) is 22.9. The maximum Gasteiger partial charge on any atom is 0.191 e. The maximum atomic E-state index is 14.4. The van der Waals surface area contributed by atoms with Gasteiger partial charge >= 0.3 is 0 Å². The summed E-state index contributed by atoms with van der Waals surface area (Å²) in [7, 11) is 3.28. The van der Waals surface area contributed by atoms with Crippen LogP contribution in [0.2, 0.25) is 0 Å². The minimum atomic E-state index is -0.449. The lowest BCUT2D eigenvalue weighted by Gasteiger charge is -2.19. The van der Waals surface area contributed by atoms with Gasteiger partial charge in [0.05, 0.1) is 19.9 Å². The SMILES string of the molecule is CN=C(NCc1ccc(Oc2cccnc2)c(F)c1)NCC(C)Oc1ccccc1OC. The zero-order chi connectivity index (χ0) is 22.8. The Morgan fingerprint density at radius 1 is 1.06 bits per heavy atom. The quantitative estimate of drug-likeness (QED) is 0.386. The molecular formula is C24H27FN4O3. The summed E-state index contributed by atoms with van der Waals surface area (Å²) >= 11 is 0. The molecule has 0 fully saturated rings. The Bertz CT molecular complexity index is 1030. The van der Waals surface area contributed by atoms with Crippen LogP contribution in [0.5, 0.6) is 23.0 Å². The van der Waals surface area contributed by atoms with Gasteiger partial charge in [0.2, 0.25) is 0 Å². The van der Waals surface area contributed by atoms with Crippen LogP contribution in [0.15, 0.2) is 72.0 Å². The lowest BCUT2D eigenvalue weighted by molar-refractivity contribution is 0.213. The summed E-state index contributed by atoms with van der Waals surface area (Å²) < 4.78 is 31.2. The number of nitrogens with one attached hydrogen (secondary N) is 2. The van der Waals surface area contributed by atoms with Gasteiger partial charge in [0.15, 0.2) is 29.0 Å². The van der Waals surface area contributed by atoms with Crippen LogP contribution in [0.4, 0.5) is 4.39 Å². The lowest BCUT2D eigenvalue weighted by Crippen LogP contribution is -2.41. The van der Waals surface area contributed by atoms with E-state index >= 15 is 0 Å². The number of benzene rings is 2. The minimum Gasteiger partial charge on any atom is -0.493 e. The van der Waals surface area contributed by atoms with Crippen molar-refractivity contribution in [1.82, 2.24) is 15.6 Å². The number of methoxy groups -OCH3 is 1. The molecule has 2 aromatic carbocycles. The number of halogens is 1. The van der Waals surface area contributed by atoms with Gasteiger partial charge in [-0.1, -0.05) is 18.2 Å². The molecule has 7 nitrogen and oxygen atoms in total. The summed E-state index contributed by atoms with van der Waals surface area (Å²) in [6.45, 7) is 2.86. The molecule has 0 saturated carbocycles. The van der Waals surface area contributed by atoms with Gasteiger partial charge in [-0.2, -0.15) is 0 Å². The smallest absolute Gasteiger partial charge is 0.191 e. The van der Waals surface area contributed by atoms with Crippen LogP contribution in [0.1, 0.15) is 12.5 Å². The van der Waals surface area contributed by atoms with Crippen molar-refractivity contribution >= 4 is 5.96 Å². The molecular weight excluding hydrogens is 411 g/mol. The molecule has 32 heavy (non-hydrogen) atoms.